The van der Waals surface area contributed by atoms with Crippen LogP contribution in [-0.2, 0) is 10.0 Å². The molecule has 1 N–H and O–H groups in total. The predicted octanol–water partition coefficient (Wildman–Crippen LogP) is -0.367. The minimum absolute atomic E-state index is 0.203. The highest BCUT2D eigenvalue weighted by atomic mass is 32.2. The number of rotatable bonds is 3. The SMILES string of the molecule is C#CCNC1CCCN(S(C)(=O)=O)C1. The molecule has 0 bridgehead atoms. The first-order valence-electron chi connectivity index (χ1n) is 4.66. The molecule has 5 heteroatoms. The molecule has 0 aliphatic carbocycles. The van der Waals surface area contributed by atoms with E-state index in [0.717, 1.165) is 12.8 Å². The Morgan fingerprint density at radius 3 is 2.93 bits per heavy atom. The van der Waals surface area contributed by atoms with Gasteiger partial charge in [0.1, 0.15) is 0 Å². The first kappa shape index (κ1) is 11.5. The number of sulfonamides is 1. The molecule has 0 spiro atoms. The van der Waals surface area contributed by atoms with Crippen molar-refractivity contribution in [3.63, 3.8) is 0 Å². The van der Waals surface area contributed by atoms with E-state index in [1.54, 1.807) is 0 Å². The number of nitrogens with zero attached hydrogens (tertiary/aromatic N) is 1. The number of nitrogens with one attached hydrogen (secondary N) is 1. The molecule has 14 heavy (non-hydrogen) atoms. The van der Waals surface area contributed by atoms with Crippen LogP contribution in [0.25, 0.3) is 0 Å². The molecule has 0 aromatic heterocycles. The molecular formula is C9H16N2O2S. The van der Waals surface area contributed by atoms with E-state index in [0.29, 0.717) is 19.6 Å². The van der Waals surface area contributed by atoms with Gasteiger partial charge in [-0.2, -0.15) is 0 Å². The Hall–Kier alpha value is -0.570. The van der Waals surface area contributed by atoms with Gasteiger partial charge in [0, 0.05) is 19.1 Å². The van der Waals surface area contributed by atoms with Crippen molar-refractivity contribution in [1.82, 2.24) is 9.62 Å². The second-order valence-electron chi connectivity index (χ2n) is 3.55. The second kappa shape index (κ2) is 4.78. The lowest BCUT2D eigenvalue weighted by Gasteiger charge is -2.31. The van der Waals surface area contributed by atoms with Crippen LogP contribution in [0.4, 0.5) is 0 Å². The molecule has 1 atom stereocenters. The maximum absolute atomic E-state index is 11.3. The maximum atomic E-state index is 11.3. The van der Waals surface area contributed by atoms with Gasteiger partial charge in [-0.3, -0.25) is 0 Å². The van der Waals surface area contributed by atoms with Gasteiger partial charge < -0.3 is 5.32 Å². The minimum Gasteiger partial charge on any atom is -0.302 e. The number of hydrogen-bond acceptors (Lipinski definition) is 3. The zero-order chi connectivity index (χ0) is 10.6. The smallest absolute Gasteiger partial charge is 0.211 e. The lowest BCUT2D eigenvalue weighted by atomic mass is 10.1. The monoisotopic (exact) mass is 216 g/mol. The van der Waals surface area contributed by atoms with Gasteiger partial charge in [-0.15, -0.1) is 6.42 Å². The van der Waals surface area contributed by atoms with Crippen LogP contribution in [0, 0.1) is 12.3 Å². The van der Waals surface area contributed by atoms with Crippen LogP contribution < -0.4 is 5.32 Å². The zero-order valence-corrected chi connectivity index (χ0v) is 9.18. The van der Waals surface area contributed by atoms with E-state index >= 15 is 0 Å². The fourth-order valence-electron chi connectivity index (χ4n) is 1.61. The molecule has 1 aliphatic heterocycles. The third-order valence-electron chi connectivity index (χ3n) is 2.35. The molecule has 0 amide bonds. The summed E-state index contributed by atoms with van der Waals surface area (Å²) in [6, 6.07) is 0.203. The van der Waals surface area contributed by atoms with Crippen LogP contribution in [0.2, 0.25) is 0 Å². The van der Waals surface area contributed by atoms with E-state index in [2.05, 4.69) is 11.2 Å². The van der Waals surface area contributed by atoms with Gasteiger partial charge in [0.15, 0.2) is 0 Å². The Morgan fingerprint density at radius 2 is 2.36 bits per heavy atom. The highest BCUT2D eigenvalue weighted by Crippen LogP contribution is 2.12. The van der Waals surface area contributed by atoms with Crippen LogP contribution in [0.5, 0.6) is 0 Å². The predicted molar refractivity (Wildman–Crippen MR) is 56.3 cm³/mol. The summed E-state index contributed by atoms with van der Waals surface area (Å²) in [5.41, 5.74) is 0. The first-order chi connectivity index (χ1) is 6.54. The first-order valence-corrected chi connectivity index (χ1v) is 6.51. The number of hydrogen-bond donors (Lipinski definition) is 1. The Bertz CT molecular complexity index is 318. The molecule has 0 aromatic carbocycles. The fourth-order valence-corrected chi connectivity index (χ4v) is 2.52. The number of piperidine rings is 1. The van der Waals surface area contributed by atoms with Crippen LogP contribution >= 0.6 is 0 Å². The van der Waals surface area contributed by atoms with E-state index in [9.17, 15) is 8.42 Å². The molecular weight excluding hydrogens is 200 g/mol. The Labute approximate surface area is 85.7 Å². The lowest BCUT2D eigenvalue weighted by molar-refractivity contribution is 0.290. The fraction of sp³-hybridized carbons (Fsp3) is 0.778. The molecule has 0 saturated carbocycles. The van der Waals surface area contributed by atoms with Gasteiger partial charge in [-0.25, -0.2) is 12.7 Å². The summed E-state index contributed by atoms with van der Waals surface area (Å²) in [6.07, 6.45) is 8.26. The molecule has 1 heterocycles. The molecule has 1 saturated heterocycles. The van der Waals surface area contributed by atoms with Gasteiger partial charge in [0.25, 0.3) is 0 Å². The van der Waals surface area contributed by atoms with Gasteiger partial charge in [-0.1, -0.05) is 5.92 Å². The van der Waals surface area contributed by atoms with Crippen LogP contribution in [0.15, 0.2) is 0 Å². The van der Waals surface area contributed by atoms with Crippen LogP contribution in [0.3, 0.4) is 0 Å². The third kappa shape index (κ3) is 3.29. The van der Waals surface area contributed by atoms with Crippen molar-refractivity contribution in [3.05, 3.63) is 0 Å². The average Bonchev–Trinajstić information content (AvgIpc) is 2.14. The summed E-state index contributed by atoms with van der Waals surface area (Å²) in [6.45, 7) is 1.68. The maximum Gasteiger partial charge on any atom is 0.211 e. The van der Waals surface area contributed by atoms with E-state index in [-0.39, 0.29) is 6.04 Å². The summed E-state index contributed by atoms with van der Waals surface area (Å²) in [5.74, 6) is 2.49. The van der Waals surface area contributed by atoms with E-state index in [1.807, 2.05) is 0 Å². The molecule has 4 nitrogen and oxygen atoms in total. The topological polar surface area (TPSA) is 49.4 Å². The van der Waals surface area contributed by atoms with E-state index < -0.39 is 10.0 Å². The molecule has 1 rings (SSSR count). The standard InChI is InChI=1S/C9H16N2O2S/c1-3-6-10-9-5-4-7-11(8-9)14(2,12)13/h1,9-10H,4-8H2,2H3. The Morgan fingerprint density at radius 1 is 1.64 bits per heavy atom. The van der Waals surface area contributed by atoms with Crippen molar-refractivity contribution >= 4 is 10.0 Å². The normalized spacial score (nSPS) is 24.4. The highest BCUT2D eigenvalue weighted by Gasteiger charge is 2.24. The van der Waals surface area contributed by atoms with Crippen molar-refractivity contribution in [1.29, 1.82) is 0 Å². The lowest BCUT2D eigenvalue weighted by Crippen LogP contribution is -2.47. The van der Waals surface area contributed by atoms with Crippen molar-refractivity contribution in [2.75, 3.05) is 25.9 Å². The number of terminal acetylenes is 1. The summed E-state index contributed by atoms with van der Waals surface area (Å²) in [4.78, 5) is 0. The van der Waals surface area contributed by atoms with E-state index in [1.165, 1.54) is 10.6 Å². The van der Waals surface area contributed by atoms with Gasteiger partial charge >= 0.3 is 0 Å². The average molecular weight is 216 g/mol. The zero-order valence-electron chi connectivity index (χ0n) is 8.36. The molecule has 0 radical (unpaired) electrons. The minimum atomic E-state index is -3.04. The second-order valence-corrected chi connectivity index (χ2v) is 5.53. The Kier molecular flexibility index (Phi) is 3.93. The van der Waals surface area contributed by atoms with Crippen molar-refractivity contribution in [2.45, 2.75) is 18.9 Å². The van der Waals surface area contributed by atoms with Crippen molar-refractivity contribution < 1.29 is 8.42 Å². The molecule has 0 aromatic rings. The third-order valence-corrected chi connectivity index (χ3v) is 3.62. The summed E-state index contributed by atoms with van der Waals surface area (Å²) >= 11 is 0. The highest BCUT2D eigenvalue weighted by molar-refractivity contribution is 7.88. The van der Waals surface area contributed by atoms with E-state index in [4.69, 9.17) is 6.42 Å². The van der Waals surface area contributed by atoms with Crippen LogP contribution in [0.1, 0.15) is 12.8 Å². The van der Waals surface area contributed by atoms with Crippen LogP contribution in [-0.4, -0.2) is 44.7 Å². The quantitative estimate of drug-likeness (QED) is 0.655. The van der Waals surface area contributed by atoms with Gasteiger partial charge in [-0.05, 0) is 12.8 Å². The Balaban J connectivity index is 2.49. The molecule has 80 valence electrons. The molecule has 1 unspecified atom stereocenters. The summed E-state index contributed by atoms with van der Waals surface area (Å²) in [7, 11) is -3.04. The largest absolute Gasteiger partial charge is 0.302 e. The molecule has 1 fully saturated rings. The van der Waals surface area contributed by atoms with Crippen molar-refractivity contribution in [2.24, 2.45) is 0 Å². The van der Waals surface area contributed by atoms with Crippen molar-refractivity contribution in [3.8, 4) is 12.3 Å². The van der Waals surface area contributed by atoms with Gasteiger partial charge in [0.05, 0.1) is 12.8 Å². The van der Waals surface area contributed by atoms with Gasteiger partial charge in [0.2, 0.25) is 10.0 Å². The molecule has 1 aliphatic rings. The summed E-state index contributed by atoms with van der Waals surface area (Å²) in [5, 5.41) is 3.13. The summed E-state index contributed by atoms with van der Waals surface area (Å²) < 4.78 is 24.0.